The van der Waals surface area contributed by atoms with E-state index in [1.54, 1.807) is 0 Å². The van der Waals surface area contributed by atoms with Crippen molar-refractivity contribution in [1.82, 2.24) is 5.32 Å². The van der Waals surface area contributed by atoms with Crippen molar-refractivity contribution < 1.29 is 54.1 Å². The SMILES string of the molecule is C1COCCN1.[Eu+3]. The standard InChI is InChI=1S/C4H9NO.Eu/c1-3-6-4-2-5-1;/h5H,1-4H2;/q;+3. The van der Waals surface area contributed by atoms with Crippen molar-refractivity contribution >= 4 is 0 Å². The molecule has 1 saturated heterocycles. The maximum atomic E-state index is 5.01. The van der Waals surface area contributed by atoms with E-state index in [0.29, 0.717) is 0 Å². The minimum absolute atomic E-state index is 0. The summed E-state index contributed by atoms with van der Waals surface area (Å²) in [5, 5.41) is 3.16. The maximum Gasteiger partial charge on any atom is 3.00 e. The first kappa shape index (κ1) is 8.50. The molecule has 1 fully saturated rings. The Labute approximate surface area is 84.5 Å². The van der Waals surface area contributed by atoms with Crippen LogP contribution in [0, 0.1) is 49.4 Å². The van der Waals surface area contributed by atoms with Gasteiger partial charge in [0.2, 0.25) is 0 Å². The third-order valence-corrected chi connectivity index (χ3v) is 0.846. The number of hydrogen-bond donors (Lipinski definition) is 1. The summed E-state index contributed by atoms with van der Waals surface area (Å²) in [5.41, 5.74) is 0. The fourth-order valence-electron chi connectivity index (χ4n) is 0.516. The van der Waals surface area contributed by atoms with Crippen molar-refractivity contribution in [1.29, 1.82) is 0 Å². The first-order valence-corrected chi connectivity index (χ1v) is 2.28. The second-order valence-electron chi connectivity index (χ2n) is 1.36. The van der Waals surface area contributed by atoms with Crippen LogP contribution in [0.2, 0.25) is 0 Å². The van der Waals surface area contributed by atoms with Gasteiger partial charge in [-0.3, -0.25) is 0 Å². The van der Waals surface area contributed by atoms with Crippen molar-refractivity contribution in [2.24, 2.45) is 0 Å². The summed E-state index contributed by atoms with van der Waals surface area (Å²) in [7, 11) is 0. The van der Waals surface area contributed by atoms with Crippen LogP contribution in [0.25, 0.3) is 0 Å². The second-order valence-corrected chi connectivity index (χ2v) is 1.36. The molecule has 1 N–H and O–H groups in total. The molecule has 0 saturated carbocycles. The molecule has 2 nitrogen and oxygen atoms in total. The average Bonchev–Trinajstić information content (AvgIpc) is 1.72. The molecule has 0 atom stereocenters. The molecule has 1 aliphatic rings. The molecule has 40 valence electrons. The van der Waals surface area contributed by atoms with E-state index < -0.39 is 0 Å². The van der Waals surface area contributed by atoms with Gasteiger partial charge >= 0.3 is 49.4 Å². The Balaban J connectivity index is 0.000000360. The van der Waals surface area contributed by atoms with Crippen LogP contribution in [0.5, 0.6) is 0 Å². The van der Waals surface area contributed by atoms with Crippen LogP contribution in [0.4, 0.5) is 0 Å². The average molecular weight is 239 g/mol. The molecule has 1 rings (SSSR count). The smallest absolute Gasteiger partial charge is 0.379 e. The summed E-state index contributed by atoms with van der Waals surface area (Å²) < 4.78 is 5.01. The number of morpholine rings is 1. The Morgan fingerprint density at radius 1 is 1.14 bits per heavy atom. The zero-order valence-electron chi connectivity index (χ0n) is 4.11. The van der Waals surface area contributed by atoms with E-state index >= 15 is 0 Å². The molecule has 0 radical (unpaired) electrons. The molecular weight excluding hydrogens is 230 g/mol. The van der Waals surface area contributed by atoms with Gasteiger partial charge in [0.25, 0.3) is 0 Å². The fourth-order valence-corrected chi connectivity index (χ4v) is 0.516. The van der Waals surface area contributed by atoms with Crippen molar-refractivity contribution in [2.45, 2.75) is 0 Å². The number of rotatable bonds is 0. The minimum atomic E-state index is 0. The molecule has 0 amide bonds. The van der Waals surface area contributed by atoms with Crippen LogP contribution >= 0.6 is 0 Å². The summed E-state index contributed by atoms with van der Waals surface area (Å²) >= 11 is 0. The van der Waals surface area contributed by atoms with Crippen LogP contribution in [0.3, 0.4) is 0 Å². The van der Waals surface area contributed by atoms with Gasteiger partial charge in [-0.2, -0.15) is 0 Å². The molecular formula is C4H9EuNO+3. The van der Waals surface area contributed by atoms with Crippen LogP contribution in [0.15, 0.2) is 0 Å². The molecule has 0 unspecified atom stereocenters. The zero-order chi connectivity index (χ0) is 4.24. The Kier molecular flexibility index (Phi) is 6.85. The third kappa shape index (κ3) is 4.04. The number of nitrogens with one attached hydrogen (secondary N) is 1. The first-order valence-electron chi connectivity index (χ1n) is 2.28. The van der Waals surface area contributed by atoms with Gasteiger partial charge in [-0.1, -0.05) is 0 Å². The minimum Gasteiger partial charge on any atom is -0.379 e. The Bertz CT molecular complexity index is 27.2. The molecule has 1 heterocycles. The van der Waals surface area contributed by atoms with E-state index in [1.165, 1.54) is 0 Å². The van der Waals surface area contributed by atoms with Crippen LogP contribution in [-0.4, -0.2) is 26.3 Å². The van der Waals surface area contributed by atoms with Gasteiger partial charge in [-0.25, -0.2) is 0 Å². The molecule has 1 aliphatic heterocycles. The predicted octanol–water partition coefficient (Wildman–Crippen LogP) is -0.394. The van der Waals surface area contributed by atoms with Gasteiger partial charge in [0.15, 0.2) is 0 Å². The predicted molar refractivity (Wildman–Crippen MR) is 23.7 cm³/mol. The number of ether oxygens (including phenoxy) is 1. The van der Waals surface area contributed by atoms with Crippen LogP contribution in [0.1, 0.15) is 0 Å². The van der Waals surface area contributed by atoms with Crippen LogP contribution < -0.4 is 5.32 Å². The van der Waals surface area contributed by atoms with Crippen molar-refractivity contribution in [2.75, 3.05) is 26.3 Å². The largest absolute Gasteiger partial charge is 3.00 e. The van der Waals surface area contributed by atoms with E-state index in [4.69, 9.17) is 4.74 Å². The topological polar surface area (TPSA) is 21.3 Å². The summed E-state index contributed by atoms with van der Waals surface area (Å²) in [6.45, 7) is 3.83. The molecule has 0 aromatic rings. The van der Waals surface area contributed by atoms with E-state index in [9.17, 15) is 0 Å². The third-order valence-electron chi connectivity index (χ3n) is 0.846. The molecule has 0 aromatic carbocycles. The number of hydrogen-bond acceptors (Lipinski definition) is 2. The van der Waals surface area contributed by atoms with Gasteiger partial charge in [0, 0.05) is 13.1 Å². The van der Waals surface area contributed by atoms with E-state index in [0.717, 1.165) is 26.3 Å². The second kappa shape index (κ2) is 5.64. The van der Waals surface area contributed by atoms with Gasteiger partial charge in [-0.15, -0.1) is 0 Å². The summed E-state index contributed by atoms with van der Waals surface area (Å²) in [6, 6.07) is 0. The molecule has 3 heteroatoms. The molecule has 0 aromatic heterocycles. The Morgan fingerprint density at radius 3 is 1.86 bits per heavy atom. The van der Waals surface area contributed by atoms with Gasteiger partial charge in [0.1, 0.15) is 0 Å². The van der Waals surface area contributed by atoms with Crippen molar-refractivity contribution in [3.8, 4) is 0 Å². The quantitative estimate of drug-likeness (QED) is 0.621. The zero-order valence-corrected chi connectivity index (χ0v) is 6.54. The van der Waals surface area contributed by atoms with Gasteiger partial charge in [-0.05, 0) is 0 Å². The van der Waals surface area contributed by atoms with Crippen molar-refractivity contribution in [3.63, 3.8) is 0 Å². The fraction of sp³-hybridized carbons (Fsp3) is 1.00. The molecule has 0 bridgehead atoms. The molecule has 0 spiro atoms. The summed E-state index contributed by atoms with van der Waals surface area (Å²) in [4.78, 5) is 0. The summed E-state index contributed by atoms with van der Waals surface area (Å²) in [6.07, 6.45) is 0. The molecule has 0 aliphatic carbocycles. The normalized spacial score (nSPS) is 20.6. The maximum absolute atomic E-state index is 5.01. The first-order chi connectivity index (χ1) is 3.00. The molecule has 7 heavy (non-hydrogen) atoms. The monoisotopic (exact) mass is 240 g/mol. The summed E-state index contributed by atoms with van der Waals surface area (Å²) in [5.74, 6) is 0. The van der Waals surface area contributed by atoms with Gasteiger partial charge in [0.05, 0.1) is 13.2 Å². The van der Waals surface area contributed by atoms with E-state index in [1.807, 2.05) is 0 Å². The van der Waals surface area contributed by atoms with Crippen molar-refractivity contribution in [3.05, 3.63) is 0 Å². The van der Waals surface area contributed by atoms with Crippen LogP contribution in [-0.2, 0) is 4.74 Å². The van der Waals surface area contributed by atoms with E-state index in [-0.39, 0.29) is 49.4 Å². The van der Waals surface area contributed by atoms with Gasteiger partial charge < -0.3 is 10.1 Å². The Morgan fingerprint density at radius 2 is 1.71 bits per heavy atom. The Hall–Kier alpha value is 1.50. The van der Waals surface area contributed by atoms with E-state index in [2.05, 4.69) is 5.32 Å².